The predicted molar refractivity (Wildman–Crippen MR) is 143 cm³/mol. The van der Waals surface area contributed by atoms with Gasteiger partial charge in [-0.1, -0.05) is 37.3 Å². The fraction of sp³-hybridized carbons (Fsp3) is 0.448. The molecule has 2 aliphatic carbocycles. The first kappa shape index (κ1) is 26.7. The van der Waals surface area contributed by atoms with E-state index in [0.29, 0.717) is 49.9 Å². The van der Waals surface area contributed by atoms with Crippen LogP contribution in [0, 0.1) is 17.7 Å². The van der Waals surface area contributed by atoms with Gasteiger partial charge in [0.2, 0.25) is 0 Å². The number of Topliss-reactive ketones (excluding diaryl/α,β-unsaturated/α-hetero) is 1. The molecule has 2 aromatic carbocycles. The molecule has 38 heavy (non-hydrogen) atoms. The van der Waals surface area contributed by atoms with Gasteiger partial charge in [0.15, 0.2) is 0 Å². The van der Waals surface area contributed by atoms with Crippen molar-refractivity contribution in [3.8, 4) is 11.3 Å². The van der Waals surface area contributed by atoms with Crippen molar-refractivity contribution in [3.05, 3.63) is 76.7 Å². The minimum absolute atomic E-state index is 0.0705. The number of aliphatic hydroxyl groups excluding tert-OH is 1. The van der Waals surface area contributed by atoms with Gasteiger partial charge in [-0.3, -0.25) is 4.79 Å². The van der Waals surface area contributed by atoms with E-state index in [2.05, 4.69) is 0 Å². The minimum Gasteiger partial charge on any atom is -0.396 e. The van der Waals surface area contributed by atoms with Crippen molar-refractivity contribution in [3.63, 3.8) is 0 Å². The van der Waals surface area contributed by atoms with Crippen molar-refractivity contribution < 1.29 is 22.7 Å². The normalized spacial score (nSPS) is 23.4. The molecule has 0 bridgehead atoms. The molecule has 0 unspecified atom stereocenters. The van der Waals surface area contributed by atoms with Crippen LogP contribution >= 0.6 is 0 Å². The van der Waals surface area contributed by atoms with Crippen molar-refractivity contribution in [2.75, 3.05) is 20.7 Å². The van der Waals surface area contributed by atoms with Gasteiger partial charge in [0, 0.05) is 49.6 Å². The van der Waals surface area contributed by atoms with Crippen LogP contribution in [0.3, 0.4) is 0 Å². The van der Waals surface area contributed by atoms with E-state index in [0.717, 1.165) is 30.6 Å². The Balaban J connectivity index is 1.82. The third-order valence-electron chi connectivity index (χ3n) is 8.44. The quantitative estimate of drug-likeness (QED) is 0.488. The molecule has 1 aromatic heterocycles. The molecular weight excluding hydrogens is 505 g/mol. The number of ketones is 1. The molecule has 0 radical (unpaired) electrons. The van der Waals surface area contributed by atoms with Gasteiger partial charge in [-0.05, 0) is 67.3 Å². The monoisotopic (exact) mass is 539 g/mol. The summed E-state index contributed by atoms with van der Waals surface area (Å²) in [7, 11) is -1.05. The molecule has 1 fully saturated rings. The highest BCUT2D eigenvalue weighted by atomic mass is 32.2. The van der Waals surface area contributed by atoms with Gasteiger partial charge in [-0.2, -0.15) is 17.8 Å². The van der Waals surface area contributed by atoms with E-state index in [-0.39, 0.29) is 30.0 Å². The van der Waals surface area contributed by atoms with E-state index in [1.807, 2.05) is 37.3 Å². The average Bonchev–Trinajstić information content (AvgIpc) is 3.31. The van der Waals surface area contributed by atoms with E-state index in [4.69, 9.17) is 5.10 Å². The van der Waals surface area contributed by atoms with Gasteiger partial charge >= 0.3 is 10.2 Å². The topological polar surface area (TPSA) is 92.5 Å². The van der Waals surface area contributed by atoms with Crippen molar-refractivity contribution in [1.82, 2.24) is 13.5 Å². The minimum atomic E-state index is -4.00. The Hall–Kier alpha value is -2.88. The number of hydrogen-bond acceptors (Lipinski definition) is 5. The van der Waals surface area contributed by atoms with Gasteiger partial charge in [-0.25, -0.2) is 4.39 Å². The summed E-state index contributed by atoms with van der Waals surface area (Å²) in [5.74, 6) is -0.555. The highest BCUT2D eigenvalue weighted by Gasteiger charge is 2.55. The summed E-state index contributed by atoms with van der Waals surface area (Å²) in [6.45, 7) is 2.01. The van der Waals surface area contributed by atoms with E-state index in [1.165, 1.54) is 26.2 Å². The van der Waals surface area contributed by atoms with Crippen molar-refractivity contribution >= 4 is 16.0 Å². The summed E-state index contributed by atoms with van der Waals surface area (Å²) in [6.07, 6.45) is 3.28. The lowest BCUT2D eigenvalue weighted by atomic mass is 9.53. The highest BCUT2D eigenvalue weighted by Crippen LogP contribution is 2.56. The molecule has 3 aromatic rings. The maximum absolute atomic E-state index is 14.6. The van der Waals surface area contributed by atoms with E-state index >= 15 is 0 Å². The number of carbonyl (C=O) groups excluding carboxylic acids is 1. The molecule has 5 rings (SSSR count). The van der Waals surface area contributed by atoms with Gasteiger partial charge < -0.3 is 5.11 Å². The molecule has 0 saturated heterocycles. The second kappa shape index (κ2) is 10.0. The third kappa shape index (κ3) is 4.21. The standard InChI is InChI=1S/C29H34FN3O4S/c1-19-25-13-12-24-27(21-9-4-7-20(17-21)8-6-16-34)33(38(36,37)32(2)3)31-28(24)29(25,15-14-26(19)35)22-10-5-11-23(30)18-22/h4-5,7,9-11,17-19,25,34H,6,8,12-16H2,1-3H3/t19-,25-,29+/m0/s1. The number of fused-ring (bicyclic) bond motifs is 3. The number of benzene rings is 2. The number of carbonyl (C=O) groups is 1. The molecule has 2 aliphatic rings. The number of nitrogens with zero attached hydrogens (tertiary/aromatic N) is 3. The number of aromatic nitrogens is 2. The van der Waals surface area contributed by atoms with Crippen LogP contribution in [0.4, 0.5) is 4.39 Å². The van der Waals surface area contributed by atoms with Crippen LogP contribution < -0.4 is 0 Å². The van der Waals surface area contributed by atoms with Gasteiger partial charge in [-0.15, -0.1) is 4.09 Å². The van der Waals surface area contributed by atoms with Crippen molar-refractivity contribution in [2.24, 2.45) is 11.8 Å². The summed E-state index contributed by atoms with van der Waals surface area (Å²) >= 11 is 0. The van der Waals surface area contributed by atoms with Crippen LogP contribution in [0.5, 0.6) is 0 Å². The first-order valence-electron chi connectivity index (χ1n) is 13.2. The van der Waals surface area contributed by atoms with Crippen LogP contribution in [-0.2, 0) is 33.3 Å². The fourth-order valence-electron chi connectivity index (χ4n) is 6.52. The molecule has 1 heterocycles. The number of aryl methyl sites for hydroxylation is 1. The Morgan fingerprint density at radius 3 is 2.63 bits per heavy atom. The van der Waals surface area contributed by atoms with Gasteiger partial charge in [0.25, 0.3) is 0 Å². The first-order chi connectivity index (χ1) is 18.1. The Morgan fingerprint density at radius 2 is 1.92 bits per heavy atom. The fourth-order valence-corrected chi connectivity index (χ4v) is 7.46. The molecule has 7 nitrogen and oxygen atoms in total. The molecule has 0 spiro atoms. The zero-order valence-corrected chi connectivity index (χ0v) is 22.8. The van der Waals surface area contributed by atoms with Crippen molar-refractivity contribution in [1.29, 1.82) is 0 Å². The number of hydrogen-bond donors (Lipinski definition) is 1. The summed E-state index contributed by atoms with van der Waals surface area (Å²) in [5, 5.41) is 14.2. The summed E-state index contributed by atoms with van der Waals surface area (Å²) in [4.78, 5) is 12.8. The number of halogens is 1. The zero-order valence-electron chi connectivity index (χ0n) is 22.0. The van der Waals surface area contributed by atoms with E-state index < -0.39 is 15.6 Å². The first-order valence-corrected chi connectivity index (χ1v) is 14.5. The zero-order chi connectivity index (χ0) is 27.2. The lowest BCUT2D eigenvalue weighted by molar-refractivity contribution is -0.128. The second-order valence-corrected chi connectivity index (χ2v) is 12.7. The molecule has 0 aliphatic heterocycles. The van der Waals surface area contributed by atoms with E-state index in [1.54, 1.807) is 6.07 Å². The molecule has 1 saturated carbocycles. The smallest absolute Gasteiger partial charge is 0.323 e. The maximum Gasteiger partial charge on any atom is 0.323 e. The van der Waals surface area contributed by atoms with Crippen LogP contribution in [0.2, 0.25) is 0 Å². The van der Waals surface area contributed by atoms with Crippen LogP contribution in [0.25, 0.3) is 11.3 Å². The summed E-state index contributed by atoms with van der Waals surface area (Å²) in [5.41, 5.74) is 3.64. The predicted octanol–water partition coefficient (Wildman–Crippen LogP) is 4.12. The third-order valence-corrected chi connectivity index (χ3v) is 10.1. The second-order valence-electron chi connectivity index (χ2n) is 10.7. The highest BCUT2D eigenvalue weighted by molar-refractivity contribution is 7.87. The number of rotatable bonds is 7. The Labute approximate surface area is 223 Å². The number of aliphatic hydroxyl groups is 1. The van der Waals surface area contributed by atoms with Crippen LogP contribution in [0.15, 0.2) is 48.5 Å². The molecule has 1 N–H and O–H groups in total. The Bertz CT molecular complexity index is 1480. The largest absolute Gasteiger partial charge is 0.396 e. The Kier molecular flexibility index (Phi) is 7.04. The Morgan fingerprint density at radius 1 is 1.16 bits per heavy atom. The van der Waals surface area contributed by atoms with Gasteiger partial charge in [0.05, 0.1) is 11.4 Å². The van der Waals surface area contributed by atoms with Gasteiger partial charge in [0.1, 0.15) is 11.6 Å². The molecule has 3 atom stereocenters. The summed E-state index contributed by atoms with van der Waals surface area (Å²) < 4.78 is 44.2. The lowest BCUT2D eigenvalue weighted by Gasteiger charge is -2.49. The van der Waals surface area contributed by atoms with Crippen molar-refractivity contribution in [2.45, 2.75) is 50.9 Å². The lowest BCUT2D eigenvalue weighted by Crippen LogP contribution is -2.49. The summed E-state index contributed by atoms with van der Waals surface area (Å²) in [6, 6.07) is 14.2. The average molecular weight is 540 g/mol. The van der Waals surface area contributed by atoms with E-state index in [9.17, 15) is 22.7 Å². The SMILES string of the molecule is C[C@@H]1C(=O)CC[C@]2(c3cccc(F)c3)c3nn(S(=O)(=O)N(C)C)c(-c4cccc(CCCO)c4)c3CC[C@@H]12. The molecular formula is C29H34FN3O4S. The molecule has 0 amide bonds. The van der Waals surface area contributed by atoms with Crippen LogP contribution in [-0.4, -0.2) is 53.5 Å². The van der Waals surface area contributed by atoms with Crippen LogP contribution in [0.1, 0.15) is 55.0 Å². The molecule has 202 valence electrons. The maximum atomic E-state index is 14.6. The molecule has 9 heteroatoms.